The van der Waals surface area contributed by atoms with Crippen LogP contribution >= 0.6 is 0 Å². The molecular formula is C19H23F2N3O2. The van der Waals surface area contributed by atoms with E-state index in [0.29, 0.717) is 5.52 Å². The summed E-state index contributed by atoms with van der Waals surface area (Å²) in [5.41, 5.74) is -1.08. The predicted molar refractivity (Wildman–Crippen MR) is 93.7 cm³/mol. The molecule has 1 aromatic heterocycles. The van der Waals surface area contributed by atoms with Gasteiger partial charge >= 0.3 is 0 Å². The van der Waals surface area contributed by atoms with Gasteiger partial charge in [-0.25, -0.2) is 13.8 Å². The summed E-state index contributed by atoms with van der Waals surface area (Å²) in [5.74, 6) is -1.90. The largest absolute Gasteiger partial charge is 0.389 e. The molecule has 2 saturated carbocycles. The molecule has 1 atom stereocenters. The van der Waals surface area contributed by atoms with Crippen molar-refractivity contribution < 1.29 is 18.7 Å². The molecule has 7 heteroatoms. The lowest BCUT2D eigenvalue weighted by Gasteiger charge is -2.41. The number of hydrogen-bond donors (Lipinski definition) is 2. The summed E-state index contributed by atoms with van der Waals surface area (Å²) in [6.07, 6.45) is 4.38. The minimum Gasteiger partial charge on any atom is -0.389 e. The lowest BCUT2D eigenvalue weighted by Crippen LogP contribution is -2.39. The summed E-state index contributed by atoms with van der Waals surface area (Å²) in [5, 5.41) is 13.1. The van der Waals surface area contributed by atoms with Crippen molar-refractivity contribution in [2.24, 2.45) is 5.92 Å². The van der Waals surface area contributed by atoms with Crippen molar-refractivity contribution in [3.8, 4) is 0 Å². The molecule has 5 nitrogen and oxygen atoms in total. The van der Waals surface area contributed by atoms with Crippen LogP contribution in [0.1, 0.15) is 52.4 Å². The van der Waals surface area contributed by atoms with Gasteiger partial charge < -0.3 is 9.67 Å². The quantitative estimate of drug-likeness (QED) is 0.851. The zero-order valence-corrected chi connectivity index (χ0v) is 15.0. The van der Waals surface area contributed by atoms with Crippen molar-refractivity contribution in [2.75, 3.05) is 5.32 Å². The van der Waals surface area contributed by atoms with Gasteiger partial charge in [-0.3, -0.25) is 10.1 Å². The number of carbonyl (C=O) groups excluding carboxylic acids is 1. The van der Waals surface area contributed by atoms with Crippen molar-refractivity contribution >= 4 is 22.9 Å². The van der Waals surface area contributed by atoms with Crippen LogP contribution in [-0.4, -0.2) is 26.2 Å². The Labute approximate surface area is 150 Å². The van der Waals surface area contributed by atoms with Crippen LogP contribution in [0, 0.1) is 17.6 Å². The van der Waals surface area contributed by atoms with Crippen LogP contribution < -0.4 is 5.32 Å². The Hall–Kier alpha value is -2.02. The van der Waals surface area contributed by atoms with Crippen LogP contribution in [0.25, 0.3) is 11.0 Å². The van der Waals surface area contributed by atoms with Gasteiger partial charge in [0.25, 0.3) is 0 Å². The molecule has 0 saturated heterocycles. The average molecular weight is 363 g/mol. The van der Waals surface area contributed by atoms with E-state index in [2.05, 4.69) is 10.3 Å². The summed E-state index contributed by atoms with van der Waals surface area (Å²) in [7, 11) is 0. The number of benzene rings is 1. The van der Waals surface area contributed by atoms with Gasteiger partial charge in [-0.2, -0.15) is 0 Å². The van der Waals surface area contributed by atoms with Gasteiger partial charge in [-0.05, 0) is 64.0 Å². The number of anilines is 1. The van der Waals surface area contributed by atoms with Crippen LogP contribution in [0.2, 0.25) is 0 Å². The van der Waals surface area contributed by atoms with Crippen LogP contribution in [0.3, 0.4) is 0 Å². The smallest absolute Gasteiger partial charge is 0.229 e. The van der Waals surface area contributed by atoms with Crippen molar-refractivity contribution in [3.05, 3.63) is 23.8 Å². The lowest BCUT2D eigenvalue weighted by molar-refractivity contribution is -0.121. The highest BCUT2D eigenvalue weighted by atomic mass is 19.2. The number of nitrogens with zero attached hydrogens (tertiary/aromatic N) is 2. The minimum absolute atomic E-state index is 0.0472. The number of carbonyl (C=O) groups is 1. The SMILES string of the molecule is CC1(n2c(NC(=O)C[C@@](C)(O)C3CC3)nc3ccc(F)c(F)c32)CCC1. The molecule has 0 unspecified atom stereocenters. The Morgan fingerprint density at radius 2 is 2.12 bits per heavy atom. The van der Waals surface area contributed by atoms with Gasteiger partial charge in [-0.1, -0.05) is 0 Å². The van der Waals surface area contributed by atoms with Crippen LogP contribution in [0.5, 0.6) is 0 Å². The normalized spacial score (nSPS) is 21.3. The maximum Gasteiger partial charge on any atom is 0.229 e. The van der Waals surface area contributed by atoms with Gasteiger partial charge in [0, 0.05) is 5.54 Å². The molecule has 2 fully saturated rings. The average Bonchev–Trinajstić information content (AvgIpc) is 3.32. The summed E-state index contributed by atoms with van der Waals surface area (Å²) >= 11 is 0. The fourth-order valence-corrected chi connectivity index (χ4v) is 3.97. The summed E-state index contributed by atoms with van der Waals surface area (Å²) in [6.45, 7) is 3.62. The van der Waals surface area contributed by atoms with E-state index in [1.165, 1.54) is 6.07 Å². The van der Waals surface area contributed by atoms with Crippen LogP contribution in [-0.2, 0) is 10.3 Å². The Bertz CT molecular complexity index is 883. The van der Waals surface area contributed by atoms with Gasteiger partial charge in [0.05, 0.1) is 17.5 Å². The second-order valence-corrected chi connectivity index (χ2v) is 8.21. The Kier molecular flexibility index (Phi) is 3.84. The van der Waals surface area contributed by atoms with E-state index in [4.69, 9.17) is 0 Å². The molecule has 0 aliphatic heterocycles. The molecule has 0 spiro atoms. The van der Waals surface area contributed by atoms with Crippen molar-refractivity contribution in [1.29, 1.82) is 0 Å². The van der Waals surface area contributed by atoms with E-state index in [-0.39, 0.29) is 29.7 Å². The third-order valence-corrected chi connectivity index (χ3v) is 5.91. The Morgan fingerprint density at radius 3 is 2.69 bits per heavy atom. The molecule has 0 bridgehead atoms. The zero-order chi connectivity index (χ0) is 18.7. The molecule has 1 aromatic carbocycles. The molecule has 0 radical (unpaired) electrons. The number of rotatable bonds is 5. The first-order valence-electron chi connectivity index (χ1n) is 9.10. The second kappa shape index (κ2) is 5.74. The molecular weight excluding hydrogens is 340 g/mol. The Balaban J connectivity index is 1.71. The lowest BCUT2D eigenvalue weighted by atomic mass is 9.78. The highest BCUT2D eigenvalue weighted by molar-refractivity contribution is 5.92. The number of nitrogens with one attached hydrogen (secondary N) is 1. The third-order valence-electron chi connectivity index (χ3n) is 5.91. The molecule has 2 N–H and O–H groups in total. The van der Waals surface area contributed by atoms with Gasteiger partial charge in [0.2, 0.25) is 11.9 Å². The number of fused-ring (bicyclic) bond motifs is 1. The maximum absolute atomic E-state index is 14.5. The van der Waals surface area contributed by atoms with Crippen LogP contribution in [0.4, 0.5) is 14.7 Å². The van der Waals surface area contributed by atoms with Crippen molar-refractivity contribution in [3.63, 3.8) is 0 Å². The molecule has 1 heterocycles. The topological polar surface area (TPSA) is 67.2 Å². The van der Waals surface area contributed by atoms with Crippen molar-refractivity contribution in [2.45, 2.75) is 63.5 Å². The molecule has 140 valence electrons. The first-order chi connectivity index (χ1) is 12.2. The standard InChI is InChI=1S/C19H23F2N3O2/c1-18(8-3-9-18)24-16-13(7-6-12(20)15(16)21)22-17(24)23-14(25)10-19(2,26)11-4-5-11/h6-7,11,26H,3-5,8-10H2,1-2H3,(H,22,23,25)/t19-/m1/s1. The molecule has 1 amide bonds. The van der Waals surface area contributed by atoms with Gasteiger partial charge in [0.15, 0.2) is 11.6 Å². The number of halogens is 2. The monoisotopic (exact) mass is 363 g/mol. The predicted octanol–water partition coefficient (Wildman–Crippen LogP) is 3.70. The van der Waals surface area contributed by atoms with E-state index in [1.807, 2.05) is 6.92 Å². The van der Waals surface area contributed by atoms with E-state index in [0.717, 1.165) is 38.2 Å². The summed E-state index contributed by atoms with van der Waals surface area (Å²) < 4.78 is 29.9. The first-order valence-corrected chi connectivity index (χ1v) is 9.10. The molecule has 2 aromatic rings. The van der Waals surface area contributed by atoms with E-state index in [9.17, 15) is 18.7 Å². The summed E-state index contributed by atoms with van der Waals surface area (Å²) in [4.78, 5) is 16.8. The number of hydrogen-bond acceptors (Lipinski definition) is 3. The van der Waals surface area contributed by atoms with E-state index in [1.54, 1.807) is 11.5 Å². The second-order valence-electron chi connectivity index (χ2n) is 8.21. The molecule has 26 heavy (non-hydrogen) atoms. The number of aliphatic hydroxyl groups is 1. The van der Waals surface area contributed by atoms with Crippen LogP contribution in [0.15, 0.2) is 12.1 Å². The third kappa shape index (κ3) is 2.78. The highest BCUT2D eigenvalue weighted by Crippen LogP contribution is 2.44. The number of imidazole rings is 1. The van der Waals surface area contributed by atoms with E-state index >= 15 is 0 Å². The number of aromatic nitrogens is 2. The molecule has 2 aliphatic rings. The highest BCUT2D eigenvalue weighted by Gasteiger charge is 2.42. The number of amides is 1. The Morgan fingerprint density at radius 1 is 1.42 bits per heavy atom. The van der Waals surface area contributed by atoms with E-state index < -0.39 is 22.8 Å². The van der Waals surface area contributed by atoms with Gasteiger partial charge in [0.1, 0.15) is 5.52 Å². The fourth-order valence-electron chi connectivity index (χ4n) is 3.97. The van der Waals surface area contributed by atoms with Gasteiger partial charge in [-0.15, -0.1) is 0 Å². The minimum atomic E-state index is -1.06. The fraction of sp³-hybridized carbons (Fsp3) is 0.579. The molecule has 4 rings (SSSR count). The zero-order valence-electron chi connectivity index (χ0n) is 15.0. The first kappa shape index (κ1) is 17.4. The van der Waals surface area contributed by atoms with Crippen molar-refractivity contribution in [1.82, 2.24) is 9.55 Å². The summed E-state index contributed by atoms with van der Waals surface area (Å²) in [6, 6.07) is 2.46. The molecule has 2 aliphatic carbocycles. The maximum atomic E-state index is 14.5.